The SMILES string of the molecule is [O-]c1ncnc2c1n1c[n+]2[C@@H]2O[C@H](CO[P+]([O-])([O-])O[P+]([O-])(O)OC[C@H]3O[C@@H]1[C@H](O)[C@@H]3O)[C@@H](O)[C@H]2O. The summed E-state index contributed by atoms with van der Waals surface area (Å²) in [5.74, 6) is -0.829. The zero-order valence-electron chi connectivity index (χ0n) is 17.3. The van der Waals surface area contributed by atoms with Crippen LogP contribution in [0.25, 0.3) is 11.2 Å². The van der Waals surface area contributed by atoms with E-state index in [1.165, 1.54) is 0 Å². The van der Waals surface area contributed by atoms with Crippen LogP contribution >= 0.6 is 16.3 Å². The molecule has 0 amide bonds. The maximum absolute atomic E-state index is 12.6. The number of aliphatic hydroxyl groups is 4. The highest BCUT2D eigenvalue weighted by molar-refractivity contribution is 7.65. The van der Waals surface area contributed by atoms with Crippen LogP contribution in [0.2, 0.25) is 0 Å². The lowest BCUT2D eigenvalue weighted by Crippen LogP contribution is -2.46. The zero-order valence-corrected chi connectivity index (χ0v) is 19.1. The van der Waals surface area contributed by atoms with Gasteiger partial charge in [-0.25, -0.2) is 18.6 Å². The molecule has 18 nitrogen and oxygen atoms in total. The summed E-state index contributed by atoms with van der Waals surface area (Å²) in [7, 11) is -10.8. The number of hydrogen-bond donors (Lipinski definition) is 5. The highest BCUT2D eigenvalue weighted by atomic mass is 31.3. The molecular formula is C15H19N4O14P2-. The quantitative estimate of drug-likeness (QED) is 0.153. The molecule has 0 aromatic carbocycles. The fourth-order valence-corrected chi connectivity index (χ4v) is 6.15. The molecule has 2 saturated heterocycles. The predicted octanol–water partition coefficient (Wildman–Crippen LogP) is -6.48. The van der Waals surface area contributed by atoms with Gasteiger partial charge < -0.3 is 49.7 Å². The fraction of sp³-hybridized carbons (Fsp3) is 0.667. The van der Waals surface area contributed by atoms with Gasteiger partial charge in [-0.15, -0.1) is 0 Å². The Kier molecular flexibility index (Phi) is 6.45. The van der Waals surface area contributed by atoms with Crippen LogP contribution in [0.1, 0.15) is 12.5 Å². The number of phosphoric ester groups is 2. The molecule has 2 aromatic rings. The number of nitrogens with zero attached hydrogens (tertiary/aromatic N) is 4. The molecule has 20 heteroatoms. The maximum atomic E-state index is 12.6. The van der Waals surface area contributed by atoms with E-state index < -0.39 is 84.5 Å². The van der Waals surface area contributed by atoms with Crippen molar-refractivity contribution in [2.24, 2.45) is 0 Å². The normalized spacial score (nSPS) is 41.9. The monoisotopic (exact) mass is 541 g/mol. The summed E-state index contributed by atoms with van der Waals surface area (Å²) in [6.07, 6.45) is -10.7. The van der Waals surface area contributed by atoms with Gasteiger partial charge in [0.2, 0.25) is 12.5 Å². The van der Waals surface area contributed by atoms with Crippen LogP contribution in [-0.4, -0.2) is 89.7 Å². The van der Waals surface area contributed by atoms with E-state index in [9.17, 15) is 45.1 Å². The van der Waals surface area contributed by atoms with Crippen molar-refractivity contribution in [3.8, 4) is 5.88 Å². The Labute approximate surface area is 196 Å². The smallest absolute Gasteiger partial charge is 0.429 e. The van der Waals surface area contributed by atoms with Crippen molar-refractivity contribution < 1.29 is 72.5 Å². The van der Waals surface area contributed by atoms with Crippen LogP contribution in [0, 0.1) is 0 Å². The van der Waals surface area contributed by atoms with Crippen molar-refractivity contribution in [2.45, 2.75) is 49.1 Å². The summed E-state index contributed by atoms with van der Waals surface area (Å²) in [4.78, 5) is 53.5. The summed E-state index contributed by atoms with van der Waals surface area (Å²) >= 11 is 0. The van der Waals surface area contributed by atoms with Gasteiger partial charge in [0.25, 0.3) is 8.17 Å². The van der Waals surface area contributed by atoms with Crippen molar-refractivity contribution in [2.75, 3.05) is 13.2 Å². The van der Waals surface area contributed by atoms with Gasteiger partial charge in [0.1, 0.15) is 49.8 Å². The Morgan fingerprint density at radius 2 is 1.60 bits per heavy atom. The summed E-state index contributed by atoms with van der Waals surface area (Å²) in [5, 5.41) is 54.4. The van der Waals surface area contributed by atoms with Crippen molar-refractivity contribution in [3.05, 3.63) is 12.7 Å². The molecular weight excluding hydrogens is 522 g/mol. The minimum Gasteiger partial charge on any atom is -0.856 e. The summed E-state index contributed by atoms with van der Waals surface area (Å²) in [6.45, 7) is -1.84. The van der Waals surface area contributed by atoms with E-state index in [-0.39, 0.29) is 11.2 Å². The van der Waals surface area contributed by atoms with Crippen LogP contribution < -0.4 is 24.4 Å². The lowest BCUT2D eigenvalue weighted by atomic mass is 10.1. The molecule has 5 N–H and O–H groups in total. The van der Waals surface area contributed by atoms with Crippen molar-refractivity contribution >= 4 is 27.5 Å². The van der Waals surface area contributed by atoms with Crippen molar-refractivity contribution in [1.82, 2.24) is 14.5 Å². The Hall–Kier alpha value is -1.31. The van der Waals surface area contributed by atoms with Crippen LogP contribution in [0.15, 0.2) is 12.7 Å². The first-order valence-electron chi connectivity index (χ1n) is 10.00. The molecule has 0 saturated carbocycles. The van der Waals surface area contributed by atoms with E-state index in [0.717, 1.165) is 21.8 Å². The van der Waals surface area contributed by atoms with Crippen molar-refractivity contribution in [1.29, 1.82) is 0 Å². The van der Waals surface area contributed by atoms with E-state index in [1.807, 2.05) is 0 Å². The van der Waals surface area contributed by atoms with Gasteiger partial charge in [0.15, 0.2) is 18.2 Å². The molecule has 194 valence electrons. The number of phosphoric acid groups is 2. The lowest BCUT2D eigenvalue weighted by molar-refractivity contribution is -0.746. The molecule has 2 aromatic heterocycles. The van der Waals surface area contributed by atoms with Crippen LogP contribution in [0.5, 0.6) is 5.88 Å². The average molecular weight is 541 g/mol. The molecule has 5 heterocycles. The Balaban J connectivity index is 1.61. The molecule has 3 aliphatic heterocycles. The number of rotatable bonds is 0. The van der Waals surface area contributed by atoms with Gasteiger partial charge in [-0.2, -0.15) is 9.42 Å². The molecule has 1 unspecified atom stereocenters. The predicted molar refractivity (Wildman–Crippen MR) is 98.1 cm³/mol. The number of fused-ring (bicyclic) bond motifs is 11. The Bertz CT molecular complexity index is 1110. The average Bonchev–Trinajstić information content (AvgIpc) is 3.38. The molecule has 0 radical (unpaired) electrons. The van der Waals surface area contributed by atoms with Gasteiger partial charge in [-0.05, 0) is 4.31 Å². The van der Waals surface area contributed by atoms with Crippen LogP contribution in [-0.2, 0) is 22.8 Å². The second kappa shape index (κ2) is 8.91. The number of aromatic nitrogens is 4. The third-order valence-electron chi connectivity index (χ3n) is 5.75. The molecule has 6 bridgehead atoms. The molecule has 9 atom stereocenters. The standard InChI is InChI=1S/C15H20N4O14P2/c20-8-5-1-29-34(25,26)33-35(27,28)30-2-6-9(21)11(23)15(32-6)19-4-18(14(31-5)10(8)22)7-12(19)16-3-17-13(7)24/h3-6,8-11,14-15,20-23H,1-2H2,(H2-,16,17,24,25,26,27,28)/p-1/t5-,6-,8-,9-,10-,11-,14-,15-/m1/s1. The summed E-state index contributed by atoms with van der Waals surface area (Å²) in [5.41, 5.74) is -0.352. The number of aliphatic hydroxyl groups excluding tert-OH is 4. The lowest BCUT2D eigenvalue weighted by Gasteiger charge is -2.32. The van der Waals surface area contributed by atoms with Gasteiger partial charge in [0, 0.05) is 5.88 Å². The van der Waals surface area contributed by atoms with Crippen LogP contribution in [0.3, 0.4) is 0 Å². The first kappa shape index (κ1) is 25.3. The van der Waals surface area contributed by atoms with E-state index >= 15 is 0 Å². The van der Waals surface area contributed by atoms with Gasteiger partial charge in [-0.1, -0.05) is 4.98 Å². The summed E-state index contributed by atoms with van der Waals surface area (Å²) < 4.78 is 26.4. The van der Waals surface area contributed by atoms with Gasteiger partial charge in [-0.3, -0.25) is 0 Å². The molecule has 0 aliphatic carbocycles. The third-order valence-corrected chi connectivity index (χ3v) is 8.31. The second-order valence-corrected chi connectivity index (χ2v) is 11.0. The van der Waals surface area contributed by atoms with E-state index in [2.05, 4.69) is 23.3 Å². The summed E-state index contributed by atoms with van der Waals surface area (Å²) in [6, 6.07) is 0. The molecule has 0 spiro atoms. The first-order valence-corrected chi connectivity index (χ1v) is 13.0. The first-order chi connectivity index (χ1) is 16.4. The van der Waals surface area contributed by atoms with E-state index in [1.54, 1.807) is 0 Å². The molecule has 2 fully saturated rings. The fourth-order valence-electron chi connectivity index (χ4n) is 4.09. The third kappa shape index (κ3) is 4.50. The molecule has 5 rings (SSSR count). The van der Waals surface area contributed by atoms with E-state index in [0.29, 0.717) is 0 Å². The minimum atomic E-state index is -5.51. The van der Waals surface area contributed by atoms with Crippen molar-refractivity contribution in [3.63, 3.8) is 0 Å². The zero-order chi connectivity index (χ0) is 25.3. The maximum Gasteiger partial charge on any atom is 0.429 e. The highest BCUT2D eigenvalue weighted by Gasteiger charge is 2.52. The van der Waals surface area contributed by atoms with Gasteiger partial charge in [0.05, 0.1) is 0 Å². The number of hydrogen-bond acceptors (Lipinski definition) is 16. The van der Waals surface area contributed by atoms with Crippen LogP contribution in [0.4, 0.5) is 0 Å². The molecule has 35 heavy (non-hydrogen) atoms. The van der Waals surface area contributed by atoms with Gasteiger partial charge >= 0.3 is 13.8 Å². The Morgan fingerprint density at radius 3 is 2.34 bits per heavy atom. The Morgan fingerprint density at radius 1 is 0.943 bits per heavy atom. The molecule has 3 aliphatic rings. The number of imidazole rings is 1. The van der Waals surface area contributed by atoms with E-state index in [4.69, 9.17) is 9.47 Å². The topological polar surface area (TPSA) is 274 Å². The number of ether oxygens (including phenoxy) is 2. The largest absolute Gasteiger partial charge is 0.856 e. The minimum absolute atomic E-state index is 0.116. The highest BCUT2D eigenvalue weighted by Crippen LogP contribution is 2.63. The second-order valence-electron chi connectivity index (χ2n) is 7.96.